The van der Waals surface area contributed by atoms with Gasteiger partial charge in [0, 0.05) is 0 Å². The summed E-state index contributed by atoms with van der Waals surface area (Å²) in [6.07, 6.45) is 0.884. The molecule has 0 aromatic rings. The van der Waals surface area contributed by atoms with Crippen molar-refractivity contribution in [2.24, 2.45) is 5.73 Å². The molecule has 0 saturated heterocycles. The summed E-state index contributed by atoms with van der Waals surface area (Å²) in [6, 6.07) is 0. The molecule has 0 saturated carbocycles. The number of ether oxygens (including phenoxy) is 2. The molecule has 0 aromatic carbocycles. The molecule has 74 valence electrons. The van der Waals surface area contributed by atoms with Crippen molar-refractivity contribution >= 4 is 11.9 Å². The molecule has 0 aliphatic carbocycles. The Labute approximate surface area is 76.5 Å². The molecular formula is C8H13NO4. The van der Waals surface area contributed by atoms with Crippen molar-refractivity contribution in [2.45, 2.75) is 12.0 Å². The molecule has 0 aliphatic rings. The van der Waals surface area contributed by atoms with Gasteiger partial charge in [0.05, 0.1) is 20.6 Å². The monoisotopic (exact) mass is 187 g/mol. The van der Waals surface area contributed by atoms with Crippen molar-refractivity contribution in [3.8, 4) is 0 Å². The van der Waals surface area contributed by atoms with E-state index in [-0.39, 0.29) is 6.42 Å². The van der Waals surface area contributed by atoms with Crippen molar-refractivity contribution in [3.63, 3.8) is 0 Å². The molecular weight excluding hydrogens is 174 g/mol. The maximum Gasteiger partial charge on any atom is 0.330 e. The summed E-state index contributed by atoms with van der Waals surface area (Å²) in [5.74, 6) is -1.30. The molecule has 1 atom stereocenters. The van der Waals surface area contributed by atoms with Crippen molar-refractivity contribution in [1.29, 1.82) is 0 Å². The first-order chi connectivity index (χ1) is 6.00. The lowest BCUT2D eigenvalue weighted by Crippen LogP contribution is -2.48. The van der Waals surface area contributed by atoms with Crippen LogP contribution in [0.2, 0.25) is 0 Å². The largest absolute Gasteiger partial charge is 0.469 e. The Hall–Kier alpha value is -1.36. The Balaban J connectivity index is 4.54. The molecule has 2 N–H and O–H groups in total. The van der Waals surface area contributed by atoms with E-state index in [0.717, 1.165) is 6.08 Å². The van der Waals surface area contributed by atoms with Crippen molar-refractivity contribution < 1.29 is 19.1 Å². The quantitative estimate of drug-likeness (QED) is 0.479. The van der Waals surface area contributed by atoms with Gasteiger partial charge in [-0.3, -0.25) is 4.79 Å². The van der Waals surface area contributed by atoms with E-state index in [9.17, 15) is 9.59 Å². The molecule has 0 spiro atoms. The van der Waals surface area contributed by atoms with Crippen LogP contribution in [-0.2, 0) is 19.1 Å². The topological polar surface area (TPSA) is 78.6 Å². The highest BCUT2D eigenvalue weighted by Crippen LogP contribution is 2.10. The summed E-state index contributed by atoms with van der Waals surface area (Å²) in [6.45, 7) is 3.36. The van der Waals surface area contributed by atoms with Crippen LogP contribution in [0.1, 0.15) is 6.42 Å². The second-order valence-corrected chi connectivity index (χ2v) is 2.49. The molecule has 0 aliphatic heterocycles. The fourth-order valence-corrected chi connectivity index (χ4v) is 0.729. The van der Waals surface area contributed by atoms with Gasteiger partial charge in [0.1, 0.15) is 5.54 Å². The van der Waals surface area contributed by atoms with Crippen LogP contribution < -0.4 is 5.73 Å². The van der Waals surface area contributed by atoms with E-state index in [1.807, 2.05) is 0 Å². The van der Waals surface area contributed by atoms with Crippen molar-refractivity contribution in [3.05, 3.63) is 12.7 Å². The van der Waals surface area contributed by atoms with Crippen LogP contribution in [0.4, 0.5) is 0 Å². The number of hydrogen-bond acceptors (Lipinski definition) is 5. The summed E-state index contributed by atoms with van der Waals surface area (Å²) in [7, 11) is 2.40. The van der Waals surface area contributed by atoms with Crippen LogP contribution in [0, 0.1) is 0 Å². The van der Waals surface area contributed by atoms with E-state index >= 15 is 0 Å². The van der Waals surface area contributed by atoms with Crippen LogP contribution in [0.3, 0.4) is 0 Å². The highest BCUT2D eigenvalue weighted by Gasteiger charge is 2.34. The van der Waals surface area contributed by atoms with Crippen LogP contribution in [0.25, 0.3) is 0 Å². The summed E-state index contributed by atoms with van der Waals surface area (Å²) in [5.41, 5.74) is 4.04. The summed E-state index contributed by atoms with van der Waals surface area (Å²) in [5, 5.41) is 0. The van der Waals surface area contributed by atoms with Gasteiger partial charge in [-0.2, -0.15) is 0 Å². The zero-order valence-electron chi connectivity index (χ0n) is 7.70. The highest BCUT2D eigenvalue weighted by atomic mass is 16.5. The van der Waals surface area contributed by atoms with Gasteiger partial charge < -0.3 is 15.2 Å². The molecule has 0 rings (SSSR count). The van der Waals surface area contributed by atoms with Gasteiger partial charge in [0.2, 0.25) is 0 Å². The maximum atomic E-state index is 11.1. The molecule has 0 radical (unpaired) electrons. The number of carbonyl (C=O) groups excluding carboxylic acids is 2. The summed E-state index contributed by atoms with van der Waals surface area (Å²) >= 11 is 0. The molecule has 0 amide bonds. The third kappa shape index (κ3) is 2.87. The standard InChI is InChI=1S/C8H13NO4/c1-4-8(9,7(11)13-3)5-6(10)12-2/h4H,1,5,9H2,2-3H3. The minimum Gasteiger partial charge on any atom is -0.469 e. The highest BCUT2D eigenvalue weighted by molar-refractivity contribution is 5.88. The van der Waals surface area contributed by atoms with E-state index in [1.54, 1.807) is 0 Å². The lowest BCUT2D eigenvalue weighted by molar-refractivity contribution is -0.151. The normalized spacial score (nSPS) is 14.1. The van der Waals surface area contributed by atoms with Gasteiger partial charge in [0.25, 0.3) is 0 Å². The lowest BCUT2D eigenvalue weighted by Gasteiger charge is -2.20. The Kier molecular flexibility index (Phi) is 4.13. The Morgan fingerprint density at radius 1 is 1.46 bits per heavy atom. The van der Waals surface area contributed by atoms with Gasteiger partial charge in [-0.1, -0.05) is 6.08 Å². The molecule has 0 aromatic heterocycles. The van der Waals surface area contributed by atoms with Gasteiger partial charge in [-0.15, -0.1) is 6.58 Å². The minimum atomic E-state index is -1.50. The van der Waals surface area contributed by atoms with Crippen LogP contribution in [0.15, 0.2) is 12.7 Å². The Bertz CT molecular complexity index is 226. The van der Waals surface area contributed by atoms with E-state index in [1.165, 1.54) is 14.2 Å². The Morgan fingerprint density at radius 2 is 2.00 bits per heavy atom. The molecule has 5 heteroatoms. The number of esters is 2. The fraction of sp³-hybridized carbons (Fsp3) is 0.500. The molecule has 0 fully saturated rings. The summed E-state index contributed by atoms with van der Waals surface area (Å²) < 4.78 is 8.78. The average molecular weight is 187 g/mol. The number of carbonyl (C=O) groups is 2. The van der Waals surface area contributed by atoms with E-state index in [4.69, 9.17) is 5.73 Å². The van der Waals surface area contributed by atoms with Gasteiger partial charge in [0.15, 0.2) is 0 Å². The lowest BCUT2D eigenvalue weighted by atomic mass is 9.97. The minimum absolute atomic E-state index is 0.278. The molecule has 0 heterocycles. The first-order valence-corrected chi connectivity index (χ1v) is 3.58. The molecule has 5 nitrogen and oxygen atoms in total. The third-order valence-corrected chi connectivity index (χ3v) is 1.59. The second-order valence-electron chi connectivity index (χ2n) is 2.49. The molecule has 0 bridgehead atoms. The average Bonchev–Trinajstić information content (AvgIpc) is 2.15. The molecule has 1 unspecified atom stereocenters. The smallest absolute Gasteiger partial charge is 0.330 e. The zero-order valence-corrected chi connectivity index (χ0v) is 7.70. The second kappa shape index (κ2) is 4.61. The number of nitrogens with two attached hydrogens (primary N) is 1. The number of methoxy groups -OCH3 is 2. The third-order valence-electron chi connectivity index (χ3n) is 1.59. The maximum absolute atomic E-state index is 11.1. The zero-order chi connectivity index (χ0) is 10.5. The SMILES string of the molecule is C=CC(N)(CC(=O)OC)C(=O)OC. The number of hydrogen-bond donors (Lipinski definition) is 1. The fourth-order valence-electron chi connectivity index (χ4n) is 0.729. The van der Waals surface area contributed by atoms with E-state index in [2.05, 4.69) is 16.1 Å². The first kappa shape index (κ1) is 11.6. The summed E-state index contributed by atoms with van der Waals surface area (Å²) in [4.78, 5) is 21.9. The van der Waals surface area contributed by atoms with Crippen LogP contribution >= 0.6 is 0 Å². The van der Waals surface area contributed by atoms with Gasteiger partial charge >= 0.3 is 11.9 Å². The van der Waals surface area contributed by atoms with E-state index < -0.39 is 17.5 Å². The van der Waals surface area contributed by atoms with Crippen LogP contribution in [-0.4, -0.2) is 31.7 Å². The van der Waals surface area contributed by atoms with E-state index in [0.29, 0.717) is 0 Å². The number of rotatable bonds is 4. The predicted molar refractivity (Wildman–Crippen MR) is 45.8 cm³/mol. The van der Waals surface area contributed by atoms with Crippen molar-refractivity contribution in [2.75, 3.05) is 14.2 Å². The van der Waals surface area contributed by atoms with Gasteiger partial charge in [-0.05, 0) is 0 Å². The van der Waals surface area contributed by atoms with Crippen molar-refractivity contribution in [1.82, 2.24) is 0 Å². The van der Waals surface area contributed by atoms with Crippen LogP contribution in [0.5, 0.6) is 0 Å². The molecule has 13 heavy (non-hydrogen) atoms. The first-order valence-electron chi connectivity index (χ1n) is 3.58. The Morgan fingerprint density at radius 3 is 2.31 bits per heavy atom. The van der Waals surface area contributed by atoms with Gasteiger partial charge in [-0.25, -0.2) is 4.79 Å². The predicted octanol–water partition coefficient (Wildman–Crippen LogP) is -0.394.